The van der Waals surface area contributed by atoms with Crippen molar-refractivity contribution < 1.29 is 17.6 Å². The highest BCUT2D eigenvalue weighted by atomic mass is 32.1. The van der Waals surface area contributed by atoms with Gasteiger partial charge in [0.15, 0.2) is 11.6 Å². The first-order chi connectivity index (χ1) is 8.97. The number of fused-ring (bicyclic) bond motifs is 1. The van der Waals surface area contributed by atoms with Crippen LogP contribution in [-0.2, 0) is 19.3 Å². The van der Waals surface area contributed by atoms with Gasteiger partial charge in [0.25, 0.3) is 5.95 Å². The molecule has 3 heterocycles. The molecular formula is C8H6F4N6S. The molecule has 19 heavy (non-hydrogen) atoms. The first kappa shape index (κ1) is 12.3. The minimum Gasteiger partial charge on any atom is -0.343 e. The predicted octanol–water partition coefficient (Wildman–Crippen LogP) is 1.31. The molecule has 0 amide bonds. The minimum atomic E-state index is -4.54. The van der Waals surface area contributed by atoms with Crippen LogP contribution in [-0.4, -0.2) is 30.1 Å². The Kier molecular flexibility index (Phi) is 2.66. The number of hydrogen-bond donors (Lipinski definition) is 0. The van der Waals surface area contributed by atoms with E-state index in [0.717, 1.165) is 4.57 Å². The smallest absolute Gasteiger partial charge is 0.343 e. The number of nitrogens with zero attached hydrogens (tertiary/aromatic N) is 6. The van der Waals surface area contributed by atoms with Gasteiger partial charge in [0, 0.05) is 13.1 Å². The van der Waals surface area contributed by atoms with Crippen LogP contribution in [0.2, 0.25) is 0 Å². The zero-order valence-electron chi connectivity index (χ0n) is 9.22. The van der Waals surface area contributed by atoms with Gasteiger partial charge in [-0.3, -0.25) is 0 Å². The zero-order valence-corrected chi connectivity index (χ0v) is 10.0. The van der Waals surface area contributed by atoms with Crippen LogP contribution in [0, 0.1) is 5.95 Å². The van der Waals surface area contributed by atoms with Crippen molar-refractivity contribution in [2.75, 3.05) is 11.4 Å². The van der Waals surface area contributed by atoms with Gasteiger partial charge in [-0.15, -0.1) is 14.6 Å². The Bertz CT molecular complexity index is 605. The molecule has 0 aliphatic carbocycles. The summed E-state index contributed by atoms with van der Waals surface area (Å²) in [6, 6.07) is 0. The lowest BCUT2D eigenvalue weighted by Crippen LogP contribution is -2.36. The average Bonchev–Trinajstić information content (AvgIpc) is 2.92. The molecular weight excluding hydrogens is 288 g/mol. The van der Waals surface area contributed by atoms with E-state index in [0.29, 0.717) is 11.7 Å². The summed E-state index contributed by atoms with van der Waals surface area (Å²) in [7, 11) is 0. The summed E-state index contributed by atoms with van der Waals surface area (Å²) in [5.74, 6) is -1.59. The van der Waals surface area contributed by atoms with E-state index in [2.05, 4.69) is 18.9 Å². The van der Waals surface area contributed by atoms with Crippen LogP contribution in [0.3, 0.4) is 0 Å². The van der Waals surface area contributed by atoms with Crippen LogP contribution < -0.4 is 4.90 Å². The van der Waals surface area contributed by atoms with Crippen LogP contribution in [0.4, 0.5) is 23.4 Å². The lowest BCUT2D eigenvalue weighted by molar-refractivity contribution is -0.147. The molecule has 102 valence electrons. The molecule has 2 aromatic rings. The Balaban J connectivity index is 1.90. The highest BCUT2D eigenvalue weighted by molar-refractivity contribution is 6.99. The minimum absolute atomic E-state index is 0.0193. The van der Waals surface area contributed by atoms with E-state index >= 15 is 0 Å². The van der Waals surface area contributed by atoms with Gasteiger partial charge in [0.2, 0.25) is 5.82 Å². The fourth-order valence-corrected chi connectivity index (χ4v) is 2.37. The van der Waals surface area contributed by atoms with E-state index < -0.39 is 17.9 Å². The molecule has 0 spiro atoms. The molecule has 1 aliphatic heterocycles. The average molecular weight is 294 g/mol. The fraction of sp³-hybridized carbons (Fsp3) is 0.500. The van der Waals surface area contributed by atoms with Gasteiger partial charge < -0.3 is 9.47 Å². The van der Waals surface area contributed by atoms with Crippen molar-refractivity contribution in [2.45, 2.75) is 19.3 Å². The summed E-state index contributed by atoms with van der Waals surface area (Å²) in [4.78, 5) is 1.49. The Labute approximate surface area is 108 Å². The second kappa shape index (κ2) is 4.11. The first-order valence-corrected chi connectivity index (χ1v) is 5.92. The summed E-state index contributed by atoms with van der Waals surface area (Å²) in [5.41, 5.74) is 0. The number of hydrogen-bond acceptors (Lipinski definition) is 6. The van der Waals surface area contributed by atoms with Crippen molar-refractivity contribution >= 4 is 17.5 Å². The molecule has 11 heteroatoms. The Morgan fingerprint density at radius 3 is 2.53 bits per heavy atom. The summed E-state index contributed by atoms with van der Waals surface area (Å²) in [5, 5.41) is 6.64. The third-order valence-corrected chi connectivity index (χ3v) is 3.24. The van der Waals surface area contributed by atoms with Gasteiger partial charge >= 0.3 is 6.18 Å². The molecule has 6 nitrogen and oxygen atoms in total. The normalized spacial score (nSPS) is 15.7. The number of aromatic nitrogens is 5. The van der Waals surface area contributed by atoms with Crippen LogP contribution in [0.15, 0.2) is 0 Å². The van der Waals surface area contributed by atoms with Gasteiger partial charge in [-0.1, -0.05) is 0 Å². The SMILES string of the molecule is Fc1nsnc1N1CCn2c(nnc2C(F)(F)F)C1. The van der Waals surface area contributed by atoms with Crippen LogP contribution in [0.5, 0.6) is 0 Å². The van der Waals surface area contributed by atoms with E-state index in [1.165, 1.54) is 4.90 Å². The fourth-order valence-electron chi connectivity index (χ4n) is 1.91. The van der Waals surface area contributed by atoms with E-state index in [-0.39, 0.29) is 31.3 Å². The monoisotopic (exact) mass is 294 g/mol. The number of rotatable bonds is 1. The van der Waals surface area contributed by atoms with Crippen molar-refractivity contribution in [3.63, 3.8) is 0 Å². The molecule has 0 N–H and O–H groups in total. The molecule has 0 atom stereocenters. The summed E-state index contributed by atoms with van der Waals surface area (Å²) >= 11 is 0.711. The molecule has 0 saturated heterocycles. The van der Waals surface area contributed by atoms with Crippen LogP contribution in [0.1, 0.15) is 11.6 Å². The molecule has 3 rings (SSSR count). The standard InChI is InChI=1S/C8H6F4N6S/c9-5-6(16-19-15-5)17-1-2-18-4(3-17)13-14-7(18)8(10,11)12/h1-3H2. The highest BCUT2D eigenvalue weighted by Crippen LogP contribution is 2.30. The maximum absolute atomic E-state index is 13.3. The summed E-state index contributed by atoms with van der Waals surface area (Å²) in [6.07, 6.45) is -4.54. The molecule has 0 bridgehead atoms. The second-order valence-electron chi connectivity index (χ2n) is 3.89. The maximum Gasteiger partial charge on any atom is 0.451 e. The molecule has 0 saturated carbocycles. The van der Waals surface area contributed by atoms with Gasteiger partial charge in [-0.2, -0.15) is 21.9 Å². The summed E-state index contributed by atoms with van der Waals surface area (Å²) < 4.78 is 59.3. The molecule has 1 aliphatic rings. The number of halogens is 4. The third-order valence-electron chi connectivity index (χ3n) is 2.74. The third kappa shape index (κ3) is 2.03. The predicted molar refractivity (Wildman–Crippen MR) is 55.9 cm³/mol. The van der Waals surface area contributed by atoms with E-state index in [4.69, 9.17) is 0 Å². The molecule has 2 aromatic heterocycles. The second-order valence-corrected chi connectivity index (χ2v) is 4.42. The zero-order chi connectivity index (χ0) is 13.6. The maximum atomic E-state index is 13.3. The Hall–Kier alpha value is -1.78. The van der Waals surface area contributed by atoms with Crippen molar-refractivity contribution in [1.29, 1.82) is 0 Å². The van der Waals surface area contributed by atoms with Crippen molar-refractivity contribution in [3.8, 4) is 0 Å². The Morgan fingerprint density at radius 1 is 1.11 bits per heavy atom. The van der Waals surface area contributed by atoms with E-state index in [9.17, 15) is 17.6 Å². The van der Waals surface area contributed by atoms with Gasteiger partial charge in [-0.05, 0) is 0 Å². The molecule has 0 unspecified atom stereocenters. The van der Waals surface area contributed by atoms with Crippen molar-refractivity contribution in [3.05, 3.63) is 17.6 Å². The molecule has 0 aromatic carbocycles. The van der Waals surface area contributed by atoms with Crippen molar-refractivity contribution in [1.82, 2.24) is 23.5 Å². The van der Waals surface area contributed by atoms with E-state index in [1.54, 1.807) is 0 Å². The first-order valence-electron chi connectivity index (χ1n) is 5.19. The number of alkyl halides is 3. The van der Waals surface area contributed by atoms with Crippen molar-refractivity contribution in [2.24, 2.45) is 0 Å². The largest absolute Gasteiger partial charge is 0.451 e. The van der Waals surface area contributed by atoms with Gasteiger partial charge in [0.05, 0.1) is 18.3 Å². The van der Waals surface area contributed by atoms with Crippen LogP contribution in [0.25, 0.3) is 0 Å². The van der Waals surface area contributed by atoms with Gasteiger partial charge in [0.1, 0.15) is 0 Å². The Morgan fingerprint density at radius 2 is 1.89 bits per heavy atom. The molecule has 0 fully saturated rings. The number of anilines is 1. The lowest BCUT2D eigenvalue weighted by Gasteiger charge is -2.27. The summed E-state index contributed by atoms with van der Waals surface area (Å²) in [6.45, 7) is 0.232. The van der Waals surface area contributed by atoms with Crippen LogP contribution >= 0.6 is 11.7 Å². The quantitative estimate of drug-likeness (QED) is 0.742. The van der Waals surface area contributed by atoms with E-state index in [1.807, 2.05) is 0 Å². The van der Waals surface area contributed by atoms with Gasteiger partial charge in [-0.25, -0.2) is 0 Å². The topological polar surface area (TPSA) is 59.7 Å². The lowest BCUT2D eigenvalue weighted by atomic mass is 10.3. The molecule has 0 radical (unpaired) electrons. The highest BCUT2D eigenvalue weighted by Gasteiger charge is 2.39.